The number of amides is 1. The summed E-state index contributed by atoms with van der Waals surface area (Å²) in [6.07, 6.45) is 2.07. The normalized spacial score (nSPS) is 17.1. The molecule has 1 amide bonds. The van der Waals surface area contributed by atoms with Gasteiger partial charge in [0, 0.05) is 30.0 Å². The van der Waals surface area contributed by atoms with Crippen molar-refractivity contribution in [2.24, 2.45) is 0 Å². The van der Waals surface area contributed by atoms with Crippen molar-refractivity contribution in [3.8, 4) is 16.9 Å². The molecular weight excluding hydrogens is 360 g/mol. The van der Waals surface area contributed by atoms with Crippen LogP contribution in [0.4, 0.5) is 5.82 Å². The largest absolute Gasteiger partial charge is 0.497 e. The third kappa shape index (κ3) is 3.35. The fourth-order valence-corrected chi connectivity index (χ4v) is 4.40. The van der Waals surface area contributed by atoms with E-state index < -0.39 is 0 Å². The minimum absolute atomic E-state index is 0.0571. The SMILES string of the molecule is COc1ccc(-c2csc3ncnc(NC4CC(=O)N(C(C)C)C4)c23)cc1. The Kier molecular flexibility index (Phi) is 4.70. The number of fused-ring (bicyclic) bond motifs is 1. The molecule has 1 atom stereocenters. The second-order valence-corrected chi connectivity index (χ2v) is 7.82. The highest BCUT2D eigenvalue weighted by atomic mass is 32.1. The molecule has 3 aromatic rings. The minimum atomic E-state index is 0.0571. The van der Waals surface area contributed by atoms with Crippen molar-refractivity contribution in [3.63, 3.8) is 0 Å². The molecule has 0 aliphatic carbocycles. The Morgan fingerprint density at radius 2 is 2.04 bits per heavy atom. The molecule has 1 aromatic carbocycles. The third-order valence-corrected chi connectivity index (χ3v) is 5.78. The average molecular weight is 382 g/mol. The van der Waals surface area contributed by atoms with Crippen LogP contribution in [-0.4, -0.2) is 46.5 Å². The molecule has 1 aliphatic rings. The lowest BCUT2D eigenvalue weighted by atomic mass is 10.1. The zero-order chi connectivity index (χ0) is 19.0. The first-order valence-electron chi connectivity index (χ1n) is 8.99. The summed E-state index contributed by atoms with van der Waals surface area (Å²) < 4.78 is 5.25. The molecule has 4 rings (SSSR count). The summed E-state index contributed by atoms with van der Waals surface area (Å²) in [7, 11) is 1.66. The lowest BCUT2D eigenvalue weighted by Gasteiger charge is -2.21. The smallest absolute Gasteiger partial charge is 0.225 e. The number of ether oxygens (including phenoxy) is 1. The van der Waals surface area contributed by atoms with Gasteiger partial charge in [0.2, 0.25) is 5.91 Å². The zero-order valence-electron chi connectivity index (χ0n) is 15.6. The number of nitrogens with zero attached hydrogens (tertiary/aromatic N) is 3. The molecule has 6 nitrogen and oxygen atoms in total. The average Bonchev–Trinajstić information content (AvgIpc) is 3.26. The number of hydrogen-bond donors (Lipinski definition) is 1. The van der Waals surface area contributed by atoms with E-state index in [9.17, 15) is 4.79 Å². The van der Waals surface area contributed by atoms with Crippen LogP contribution in [0.1, 0.15) is 20.3 Å². The van der Waals surface area contributed by atoms with Crippen LogP contribution in [0.2, 0.25) is 0 Å². The van der Waals surface area contributed by atoms with Crippen LogP contribution in [0.3, 0.4) is 0 Å². The number of aromatic nitrogens is 2. The fraction of sp³-hybridized carbons (Fsp3) is 0.350. The number of likely N-dealkylation sites (tertiary alicyclic amines) is 1. The lowest BCUT2D eigenvalue weighted by molar-refractivity contribution is -0.129. The highest BCUT2D eigenvalue weighted by Gasteiger charge is 2.31. The van der Waals surface area contributed by atoms with Crippen molar-refractivity contribution in [2.45, 2.75) is 32.4 Å². The van der Waals surface area contributed by atoms with E-state index in [0.717, 1.165) is 32.9 Å². The van der Waals surface area contributed by atoms with Gasteiger partial charge in [-0.3, -0.25) is 4.79 Å². The first kappa shape index (κ1) is 17.7. The van der Waals surface area contributed by atoms with Crippen molar-refractivity contribution in [1.82, 2.24) is 14.9 Å². The Morgan fingerprint density at radius 3 is 2.70 bits per heavy atom. The number of carbonyl (C=O) groups is 1. The topological polar surface area (TPSA) is 67.4 Å². The number of hydrogen-bond acceptors (Lipinski definition) is 6. The maximum Gasteiger partial charge on any atom is 0.225 e. The van der Waals surface area contributed by atoms with E-state index in [-0.39, 0.29) is 18.0 Å². The molecule has 0 spiro atoms. The quantitative estimate of drug-likeness (QED) is 0.727. The number of benzene rings is 1. The molecule has 1 saturated heterocycles. The van der Waals surface area contributed by atoms with E-state index in [1.165, 1.54) is 0 Å². The zero-order valence-corrected chi connectivity index (χ0v) is 16.4. The second kappa shape index (κ2) is 7.15. The Morgan fingerprint density at radius 1 is 1.26 bits per heavy atom. The summed E-state index contributed by atoms with van der Waals surface area (Å²) in [6, 6.07) is 8.25. The summed E-state index contributed by atoms with van der Waals surface area (Å²) in [5.41, 5.74) is 2.18. The number of rotatable bonds is 5. The summed E-state index contributed by atoms with van der Waals surface area (Å²) in [6.45, 7) is 4.79. The third-order valence-electron chi connectivity index (χ3n) is 4.89. The molecular formula is C20H22N4O2S. The number of carbonyl (C=O) groups excluding carboxylic acids is 1. The standard InChI is InChI=1S/C20H22N4O2S/c1-12(2)24-9-14(8-17(24)25)23-19-18-16(10-27-20(18)22-11-21-19)13-4-6-15(26-3)7-5-13/h4-7,10-12,14H,8-9H2,1-3H3,(H,21,22,23). The van der Waals surface area contributed by atoms with Crippen molar-refractivity contribution < 1.29 is 9.53 Å². The molecule has 0 radical (unpaired) electrons. The predicted molar refractivity (Wildman–Crippen MR) is 108 cm³/mol. The van der Waals surface area contributed by atoms with Gasteiger partial charge in [-0.1, -0.05) is 12.1 Å². The van der Waals surface area contributed by atoms with E-state index in [1.807, 2.05) is 43.0 Å². The van der Waals surface area contributed by atoms with E-state index in [2.05, 4.69) is 20.7 Å². The van der Waals surface area contributed by atoms with Gasteiger partial charge in [0.15, 0.2) is 0 Å². The van der Waals surface area contributed by atoms with E-state index in [0.29, 0.717) is 13.0 Å². The molecule has 3 heterocycles. The van der Waals surface area contributed by atoms with Gasteiger partial charge in [-0.2, -0.15) is 0 Å². The van der Waals surface area contributed by atoms with Gasteiger partial charge in [-0.05, 0) is 31.5 Å². The number of nitrogens with one attached hydrogen (secondary N) is 1. The molecule has 0 bridgehead atoms. The van der Waals surface area contributed by atoms with Gasteiger partial charge >= 0.3 is 0 Å². The second-order valence-electron chi connectivity index (χ2n) is 6.97. The van der Waals surface area contributed by atoms with Crippen LogP contribution >= 0.6 is 11.3 Å². The Bertz CT molecular complexity index is 968. The Balaban J connectivity index is 1.67. The number of anilines is 1. The van der Waals surface area contributed by atoms with Crippen LogP contribution < -0.4 is 10.1 Å². The van der Waals surface area contributed by atoms with E-state index in [1.54, 1.807) is 24.8 Å². The molecule has 7 heteroatoms. The van der Waals surface area contributed by atoms with Gasteiger partial charge in [-0.25, -0.2) is 9.97 Å². The van der Waals surface area contributed by atoms with Gasteiger partial charge in [0.05, 0.1) is 18.5 Å². The molecule has 1 N–H and O–H groups in total. The first-order chi connectivity index (χ1) is 13.1. The van der Waals surface area contributed by atoms with Crippen LogP contribution in [0.15, 0.2) is 36.0 Å². The highest BCUT2D eigenvalue weighted by Crippen LogP contribution is 2.37. The monoisotopic (exact) mass is 382 g/mol. The maximum atomic E-state index is 12.2. The van der Waals surface area contributed by atoms with E-state index >= 15 is 0 Å². The summed E-state index contributed by atoms with van der Waals surface area (Å²) in [5.74, 6) is 1.80. The fourth-order valence-electron chi connectivity index (χ4n) is 3.49. The van der Waals surface area contributed by atoms with Gasteiger partial charge in [0.1, 0.15) is 22.7 Å². The van der Waals surface area contributed by atoms with Crippen molar-refractivity contribution >= 4 is 33.3 Å². The van der Waals surface area contributed by atoms with E-state index in [4.69, 9.17) is 4.74 Å². The van der Waals surface area contributed by atoms with Gasteiger partial charge in [-0.15, -0.1) is 11.3 Å². The van der Waals surface area contributed by atoms with Gasteiger partial charge < -0.3 is 15.0 Å². The van der Waals surface area contributed by atoms with Gasteiger partial charge in [0.25, 0.3) is 0 Å². The minimum Gasteiger partial charge on any atom is -0.497 e. The Hall–Kier alpha value is -2.67. The molecule has 1 unspecified atom stereocenters. The molecule has 2 aromatic heterocycles. The Labute approximate surface area is 162 Å². The van der Waals surface area contributed by atoms with Crippen molar-refractivity contribution in [3.05, 3.63) is 36.0 Å². The predicted octanol–water partition coefficient (Wildman–Crippen LogP) is 3.79. The lowest BCUT2D eigenvalue weighted by Crippen LogP contribution is -2.33. The summed E-state index contributed by atoms with van der Waals surface area (Å²) >= 11 is 1.60. The maximum absolute atomic E-state index is 12.2. The number of thiophene rings is 1. The molecule has 1 aliphatic heterocycles. The highest BCUT2D eigenvalue weighted by molar-refractivity contribution is 7.17. The van der Waals surface area contributed by atoms with Crippen LogP contribution in [0.25, 0.3) is 21.3 Å². The molecule has 27 heavy (non-hydrogen) atoms. The van der Waals surface area contributed by atoms with Crippen LogP contribution in [0.5, 0.6) is 5.75 Å². The first-order valence-corrected chi connectivity index (χ1v) is 9.87. The van der Waals surface area contributed by atoms with Crippen molar-refractivity contribution in [1.29, 1.82) is 0 Å². The van der Waals surface area contributed by atoms with Crippen molar-refractivity contribution in [2.75, 3.05) is 19.0 Å². The number of methoxy groups -OCH3 is 1. The molecule has 0 saturated carbocycles. The molecule has 1 fully saturated rings. The summed E-state index contributed by atoms with van der Waals surface area (Å²) in [4.78, 5) is 24.0. The van der Waals surface area contributed by atoms with Crippen LogP contribution in [0, 0.1) is 0 Å². The van der Waals surface area contributed by atoms with Crippen LogP contribution in [-0.2, 0) is 4.79 Å². The molecule has 140 valence electrons. The summed E-state index contributed by atoms with van der Waals surface area (Å²) in [5, 5.41) is 6.59.